The molecule has 384 valence electrons. The smallest absolute Gasteiger partial charge is 0.305 e. The second-order valence-corrected chi connectivity index (χ2v) is 16.4. The van der Waals surface area contributed by atoms with Crippen molar-refractivity contribution in [2.75, 3.05) is 84.0 Å². The van der Waals surface area contributed by atoms with Crippen molar-refractivity contribution in [3.05, 3.63) is 77.1 Å². The van der Waals surface area contributed by atoms with Crippen molar-refractivity contribution in [3.63, 3.8) is 0 Å². The Labute approximate surface area is 410 Å². The maximum atomic E-state index is 13.6. The Bertz CT molecular complexity index is 2120. The van der Waals surface area contributed by atoms with Crippen molar-refractivity contribution >= 4 is 52.7 Å². The molecule has 2 atom stereocenters. The number of fused-ring (bicyclic) bond motifs is 1. The molecule has 2 aliphatic rings. The molecule has 1 unspecified atom stereocenters. The first-order valence-electron chi connectivity index (χ1n) is 23.9. The number of anilines is 2. The third kappa shape index (κ3) is 21.5. The number of carbonyl (C=O) groups is 7. The summed E-state index contributed by atoms with van der Waals surface area (Å²) in [6, 6.07) is 13.3. The zero-order chi connectivity index (χ0) is 51.3. The van der Waals surface area contributed by atoms with E-state index in [9.17, 15) is 38.7 Å². The second kappa shape index (κ2) is 32.5. The molecular formula is C50H72N8O12. The van der Waals surface area contributed by atoms with Gasteiger partial charge < -0.3 is 50.6 Å². The summed E-state index contributed by atoms with van der Waals surface area (Å²) in [6.45, 7) is 8.66. The van der Waals surface area contributed by atoms with E-state index in [4.69, 9.17) is 24.3 Å². The number of nitrogens with one attached hydrogen (secondary N) is 4. The van der Waals surface area contributed by atoms with Gasteiger partial charge in [-0.05, 0) is 73.9 Å². The minimum atomic E-state index is -1.08. The van der Waals surface area contributed by atoms with E-state index in [1.165, 1.54) is 30.7 Å². The Morgan fingerprint density at radius 1 is 0.929 bits per heavy atom. The molecule has 70 heavy (non-hydrogen) atoms. The van der Waals surface area contributed by atoms with Crippen molar-refractivity contribution in [2.45, 2.75) is 104 Å². The molecule has 1 fully saturated rings. The SMILES string of the molecule is CC.CNC(=O)CCCC(=O)Nc1ccc(CCC(=O)CC(C)=O)cc1.COc1ccc([C@H](CC(=O)O)NC(=O)CN2CCC(N(CCOCCOCCO)Cc3ccc4c(n3)NCCC4)C2=O)cn1. The molecule has 1 aromatic carbocycles. The number of aromatic nitrogens is 2. The Balaban J connectivity index is 0.000000422. The number of aliphatic hydroxyl groups excluding tert-OH is 1. The monoisotopic (exact) mass is 977 g/mol. The second-order valence-electron chi connectivity index (χ2n) is 16.4. The number of amides is 4. The van der Waals surface area contributed by atoms with Crippen LogP contribution in [0.5, 0.6) is 5.88 Å². The number of likely N-dealkylation sites (tertiary alicyclic amines) is 1. The number of carbonyl (C=O) groups excluding carboxylic acids is 6. The molecule has 0 bridgehead atoms. The summed E-state index contributed by atoms with van der Waals surface area (Å²) in [6.07, 6.45) is 5.72. The lowest BCUT2D eigenvalue weighted by atomic mass is 10.0. The van der Waals surface area contributed by atoms with Gasteiger partial charge in [0.2, 0.25) is 29.5 Å². The summed E-state index contributed by atoms with van der Waals surface area (Å²) in [7, 11) is 3.04. The molecule has 2 aliphatic heterocycles. The summed E-state index contributed by atoms with van der Waals surface area (Å²) >= 11 is 0. The van der Waals surface area contributed by atoms with Crippen LogP contribution in [0.3, 0.4) is 0 Å². The van der Waals surface area contributed by atoms with Crippen LogP contribution in [0.1, 0.15) is 101 Å². The number of hydrogen-bond donors (Lipinski definition) is 6. The van der Waals surface area contributed by atoms with Crippen LogP contribution in [0, 0.1) is 0 Å². The number of benzene rings is 1. The molecule has 5 rings (SSSR count). The normalized spacial score (nSPS) is 14.1. The summed E-state index contributed by atoms with van der Waals surface area (Å²) in [4.78, 5) is 95.8. The van der Waals surface area contributed by atoms with E-state index in [0.29, 0.717) is 88.7 Å². The Morgan fingerprint density at radius 2 is 1.66 bits per heavy atom. The largest absolute Gasteiger partial charge is 0.481 e. The summed E-state index contributed by atoms with van der Waals surface area (Å²) in [5.41, 5.74) is 4.19. The van der Waals surface area contributed by atoms with Crippen LogP contribution in [-0.4, -0.2) is 151 Å². The van der Waals surface area contributed by atoms with E-state index >= 15 is 0 Å². The molecule has 0 spiro atoms. The minimum Gasteiger partial charge on any atom is -0.481 e. The molecule has 2 aromatic heterocycles. The van der Waals surface area contributed by atoms with Crippen LogP contribution >= 0.6 is 0 Å². The quantitative estimate of drug-likeness (QED) is 0.0448. The van der Waals surface area contributed by atoms with E-state index in [1.54, 1.807) is 31.3 Å². The van der Waals surface area contributed by atoms with Gasteiger partial charge in [-0.3, -0.25) is 38.5 Å². The number of rotatable bonds is 28. The van der Waals surface area contributed by atoms with Gasteiger partial charge in [-0.1, -0.05) is 38.1 Å². The van der Waals surface area contributed by atoms with Gasteiger partial charge in [0.1, 0.15) is 17.4 Å². The number of aryl methyl sites for hydroxylation is 2. The molecule has 20 heteroatoms. The standard InChI is InChI=1S/C30H42N6O8.C18H24N2O4.C2H6/c1-42-27-7-5-22(18-32-27)24(17-28(39)40)34-26(38)20-36-10-8-25(30(36)41)35(11-13-43-15-16-44-14-12-37)19-23-6-4-21-3-2-9-31-29(21)33-23;1-13(21)12-16(22)11-8-14-6-9-15(10-7-14)20-18(24)5-3-4-17(23)19-2;1-2/h4-7,18,24-25,37H,2-3,8-17,19-20H2,1H3,(H,31,33)(H,34,38)(H,39,40);6-7,9-10H,3-5,8,11-12H2,1-2H3,(H,19,23)(H,20,24);1-2H3/t24-,25?;;/m0../s1. The van der Waals surface area contributed by atoms with Crippen LogP contribution in [0.15, 0.2) is 54.7 Å². The maximum absolute atomic E-state index is 13.6. The Hall–Kier alpha value is -6.35. The Morgan fingerprint density at radius 3 is 2.31 bits per heavy atom. The lowest BCUT2D eigenvalue weighted by Gasteiger charge is -2.28. The zero-order valence-corrected chi connectivity index (χ0v) is 41.3. The third-order valence-electron chi connectivity index (χ3n) is 11.0. The lowest BCUT2D eigenvalue weighted by Crippen LogP contribution is -2.46. The van der Waals surface area contributed by atoms with Crippen LogP contribution in [0.4, 0.5) is 11.5 Å². The number of aliphatic hydroxyl groups is 1. The predicted octanol–water partition coefficient (Wildman–Crippen LogP) is 3.65. The van der Waals surface area contributed by atoms with Crippen molar-refractivity contribution in [2.24, 2.45) is 0 Å². The number of carboxylic acids is 1. The van der Waals surface area contributed by atoms with E-state index in [-0.39, 0.29) is 68.3 Å². The fourth-order valence-corrected chi connectivity index (χ4v) is 7.52. The highest BCUT2D eigenvalue weighted by molar-refractivity contribution is 5.98. The van der Waals surface area contributed by atoms with Gasteiger partial charge in [0.05, 0.1) is 77.3 Å². The Kier molecular flexibility index (Phi) is 26.9. The molecule has 0 aliphatic carbocycles. The van der Waals surface area contributed by atoms with Crippen LogP contribution < -0.4 is 26.0 Å². The first-order valence-corrected chi connectivity index (χ1v) is 23.9. The van der Waals surface area contributed by atoms with Gasteiger partial charge in [0.15, 0.2) is 0 Å². The summed E-state index contributed by atoms with van der Waals surface area (Å²) in [5.74, 6) is -0.850. The minimum absolute atomic E-state index is 0.00973. The zero-order valence-electron chi connectivity index (χ0n) is 41.3. The molecule has 6 N–H and O–H groups in total. The van der Waals surface area contributed by atoms with Crippen molar-refractivity contribution in [1.82, 2.24) is 30.4 Å². The predicted molar refractivity (Wildman–Crippen MR) is 262 cm³/mol. The number of hydrogen-bond acceptors (Lipinski definition) is 15. The highest BCUT2D eigenvalue weighted by Crippen LogP contribution is 2.24. The molecule has 0 radical (unpaired) electrons. The van der Waals surface area contributed by atoms with Crippen LogP contribution in [0.2, 0.25) is 0 Å². The fraction of sp³-hybridized carbons (Fsp3) is 0.540. The number of ether oxygens (including phenoxy) is 3. The summed E-state index contributed by atoms with van der Waals surface area (Å²) in [5, 5.41) is 29.6. The molecule has 0 saturated carbocycles. The van der Waals surface area contributed by atoms with Crippen molar-refractivity contribution in [1.29, 1.82) is 0 Å². The van der Waals surface area contributed by atoms with Crippen LogP contribution in [0.25, 0.3) is 0 Å². The maximum Gasteiger partial charge on any atom is 0.305 e. The van der Waals surface area contributed by atoms with Crippen molar-refractivity contribution < 1.29 is 58.0 Å². The van der Waals surface area contributed by atoms with Gasteiger partial charge in [-0.2, -0.15) is 0 Å². The molecule has 20 nitrogen and oxygen atoms in total. The average Bonchev–Trinajstić information content (AvgIpc) is 3.71. The number of carboxylic acid groups (broad SMARTS) is 1. The number of methoxy groups -OCH3 is 1. The van der Waals surface area contributed by atoms with Gasteiger partial charge >= 0.3 is 5.97 Å². The number of aliphatic carboxylic acids is 1. The highest BCUT2D eigenvalue weighted by Gasteiger charge is 2.37. The first-order chi connectivity index (χ1) is 33.8. The van der Waals surface area contributed by atoms with Gasteiger partial charge in [-0.15, -0.1) is 0 Å². The van der Waals surface area contributed by atoms with Gasteiger partial charge in [-0.25, -0.2) is 9.97 Å². The molecule has 3 aromatic rings. The number of ketones is 2. The third-order valence-corrected chi connectivity index (χ3v) is 11.0. The van der Waals surface area contributed by atoms with E-state index in [1.807, 2.05) is 36.9 Å². The fourth-order valence-electron chi connectivity index (χ4n) is 7.52. The first kappa shape index (κ1) is 58.0. The number of nitrogens with zero attached hydrogens (tertiary/aromatic N) is 4. The highest BCUT2D eigenvalue weighted by atomic mass is 16.5. The topological polar surface area (TPSA) is 268 Å². The molecule has 1 saturated heterocycles. The molecule has 4 heterocycles. The molecular weight excluding hydrogens is 905 g/mol. The summed E-state index contributed by atoms with van der Waals surface area (Å²) < 4.78 is 16.0. The van der Waals surface area contributed by atoms with Gasteiger partial charge in [0, 0.05) is 70.4 Å². The van der Waals surface area contributed by atoms with Crippen LogP contribution in [-0.2, 0) is 62.4 Å². The van der Waals surface area contributed by atoms with Crippen molar-refractivity contribution in [3.8, 4) is 5.88 Å². The number of pyridine rings is 2. The molecule has 4 amide bonds. The number of Topliss-reactive ketones (excluding diaryl/α,β-unsaturated/α-hetero) is 2. The van der Waals surface area contributed by atoms with Gasteiger partial charge in [0.25, 0.3) is 0 Å². The van der Waals surface area contributed by atoms with E-state index in [0.717, 1.165) is 36.5 Å². The lowest BCUT2D eigenvalue weighted by molar-refractivity contribution is -0.139. The average molecular weight is 977 g/mol. The van der Waals surface area contributed by atoms with E-state index < -0.39 is 24.0 Å². The van der Waals surface area contributed by atoms with E-state index in [2.05, 4.69) is 32.3 Å².